The minimum atomic E-state index is -1.50. The lowest BCUT2D eigenvalue weighted by Gasteiger charge is -2.47. The minimum Gasteiger partial charge on any atom is -0.359 e. The number of rotatable bonds is 4. The van der Waals surface area contributed by atoms with Crippen molar-refractivity contribution in [3.63, 3.8) is 0 Å². The van der Waals surface area contributed by atoms with Crippen LogP contribution in [0.3, 0.4) is 0 Å². The van der Waals surface area contributed by atoms with Crippen LogP contribution in [0.2, 0.25) is 5.02 Å². The summed E-state index contributed by atoms with van der Waals surface area (Å²) in [5.41, 5.74) is 0.950. The number of hydrogen-bond donors (Lipinski definition) is 0. The average Bonchev–Trinajstić information content (AvgIpc) is 3.58. The van der Waals surface area contributed by atoms with Crippen molar-refractivity contribution in [2.45, 2.75) is 89.4 Å². The molecule has 248 valence electrons. The summed E-state index contributed by atoms with van der Waals surface area (Å²) in [7, 11) is 1.85. The molecule has 3 aliphatic rings. The first kappa shape index (κ1) is 32.9. The van der Waals surface area contributed by atoms with Gasteiger partial charge in [0.1, 0.15) is 17.8 Å². The zero-order valence-electron chi connectivity index (χ0n) is 27.5. The molecule has 0 bridgehead atoms. The number of likely N-dealkylation sites (tertiary alicyclic amines) is 2. The van der Waals surface area contributed by atoms with Crippen LogP contribution in [-0.4, -0.2) is 67.2 Å². The smallest absolute Gasteiger partial charge is 0.226 e. The van der Waals surface area contributed by atoms with Crippen molar-refractivity contribution in [1.29, 1.82) is 0 Å². The molecule has 1 aromatic carbocycles. The lowest BCUT2D eigenvalue weighted by Crippen LogP contribution is -2.54. The van der Waals surface area contributed by atoms with E-state index in [0.717, 1.165) is 23.1 Å². The molecule has 2 aromatic heterocycles. The van der Waals surface area contributed by atoms with Gasteiger partial charge in [-0.3, -0.25) is 19.4 Å². The number of ether oxygens (including phenoxy) is 1. The Morgan fingerprint density at radius 2 is 1.74 bits per heavy atom. The summed E-state index contributed by atoms with van der Waals surface area (Å²) in [6, 6.07) is 4.18. The largest absolute Gasteiger partial charge is 0.359 e. The maximum atomic E-state index is 15.2. The highest BCUT2D eigenvalue weighted by Gasteiger charge is 2.54. The molecule has 8 nitrogen and oxygen atoms in total. The second-order valence-electron chi connectivity index (χ2n) is 14.6. The second-order valence-corrected chi connectivity index (χ2v) is 15.0. The first-order valence-electron chi connectivity index (χ1n) is 15.9. The number of pyridine rings is 1. The van der Waals surface area contributed by atoms with Crippen molar-refractivity contribution < 1.29 is 22.7 Å². The van der Waals surface area contributed by atoms with Crippen LogP contribution in [0.4, 0.5) is 13.2 Å². The number of amides is 1. The summed E-state index contributed by atoms with van der Waals surface area (Å²) < 4.78 is 52.3. The number of halogens is 4. The normalized spacial score (nSPS) is 23.6. The molecule has 0 aliphatic carbocycles. The van der Waals surface area contributed by atoms with Gasteiger partial charge < -0.3 is 9.64 Å². The number of hydrogen-bond acceptors (Lipinski definition) is 6. The van der Waals surface area contributed by atoms with E-state index in [1.54, 1.807) is 4.68 Å². The van der Waals surface area contributed by atoms with Crippen LogP contribution in [0.15, 0.2) is 24.5 Å². The molecule has 1 spiro atoms. The van der Waals surface area contributed by atoms with Gasteiger partial charge in [-0.1, -0.05) is 17.7 Å². The molecular formula is C34H42ClF3N6O2. The molecule has 0 radical (unpaired) electrons. The van der Waals surface area contributed by atoms with Crippen molar-refractivity contribution in [3.8, 4) is 0 Å². The van der Waals surface area contributed by atoms with Crippen LogP contribution >= 0.6 is 11.6 Å². The Bertz CT molecular complexity index is 1660. The quantitative estimate of drug-likeness (QED) is 0.304. The van der Waals surface area contributed by atoms with E-state index in [9.17, 15) is 13.6 Å². The van der Waals surface area contributed by atoms with Crippen LogP contribution in [0.25, 0.3) is 0 Å². The molecule has 0 saturated carbocycles. The third kappa shape index (κ3) is 5.42. The molecule has 3 atom stereocenters. The molecule has 3 aliphatic heterocycles. The molecule has 6 rings (SSSR count). The predicted molar refractivity (Wildman–Crippen MR) is 168 cm³/mol. The lowest BCUT2D eigenvalue weighted by molar-refractivity contribution is -0.153. The molecule has 2 unspecified atom stereocenters. The van der Waals surface area contributed by atoms with Crippen LogP contribution < -0.4 is 0 Å². The van der Waals surface area contributed by atoms with Gasteiger partial charge in [0, 0.05) is 49.6 Å². The third-order valence-corrected chi connectivity index (χ3v) is 10.8. The number of nitrogens with zero attached hydrogens (tertiary/aromatic N) is 6. The Morgan fingerprint density at radius 3 is 2.37 bits per heavy atom. The Hall–Kier alpha value is -3.02. The van der Waals surface area contributed by atoms with E-state index in [2.05, 4.69) is 49.6 Å². The zero-order valence-corrected chi connectivity index (χ0v) is 28.3. The monoisotopic (exact) mass is 658 g/mol. The van der Waals surface area contributed by atoms with Crippen LogP contribution in [-0.2, 0) is 27.6 Å². The van der Waals surface area contributed by atoms with E-state index in [4.69, 9.17) is 21.3 Å². The lowest BCUT2D eigenvalue weighted by atomic mass is 9.77. The number of fused-ring (bicyclic) bond motifs is 2. The van der Waals surface area contributed by atoms with Crippen molar-refractivity contribution >= 4 is 17.5 Å². The molecule has 2 saturated heterocycles. The number of carbonyl (C=O) groups excluding carboxylic acids is 1. The fraction of sp³-hybridized carbons (Fsp3) is 0.588. The number of aryl methyl sites for hydroxylation is 2. The zero-order chi connectivity index (χ0) is 33.3. The topological polar surface area (TPSA) is 76.4 Å². The number of piperidine rings is 2. The van der Waals surface area contributed by atoms with Gasteiger partial charge in [0.25, 0.3) is 0 Å². The van der Waals surface area contributed by atoms with Crippen LogP contribution in [0.5, 0.6) is 0 Å². The van der Waals surface area contributed by atoms with Gasteiger partial charge in [0.2, 0.25) is 5.91 Å². The van der Waals surface area contributed by atoms with E-state index >= 15 is 4.39 Å². The fourth-order valence-electron chi connectivity index (χ4n) is 7.71. The summed E-state index contributed by atoms with van der Waals surface area (Å²) in [6.07, 6.45) is 2.62. The summed E-state index contributed by atoms with van der Waals surface area (Å²) >= 11 is 6.60. The number of benzene rings is 1. The Kier molecular flexibility index (Phi) is 8.29. The minimum absolute atomic E-state index is 0.0399. The van der Waals surface area contributed by atoms with E-state index in [-0.39, 0.29) is 17.0 Å². The standard InChI is InChI=1S/C34H42ClF3N6O2/c1-19-24(35)16-22-28(41-19)34(46-29(22)33(5,6)31-39-18-40-42(31)7)11-14-43(15-12-34)30(45)21-10-13-44(32(2,3)4)17-23(21)20-8-9-25(36)27(38)26(20)37/h8-9,16,18,21,23,29H,10-15,17H2,1-7H3/t21?,23-,29?/m0/s1. The molecule has 3 aromatic rings. The Balaban J connectivity index is 1.28. The fourth-order valence-corrected chi connectivity index (χ4v) is 7.87. The summed E-state index contributed by atoms with van der Waals surface area (Å²) in [4.78, 5) is 27.7. The van der Waals surface area contributed by atoms with E-state index < -0.39 is 46.4 Å². The van der Waals surface area contributed by atoms with Crippen LogP contribution in [0.1, 0.15) is 94.2 Å². The van der Waals surface area contributed by atoms with Crippen molar-refractivity contribution in [3.05, 3.63) is 75.3 Å². The summed E-state index contributed by atoms with van der Waals surface area (Å²) in [5.74, 6) is -4.51. The SMILES string of the molecule is Cc1nc2c(cc1Cl)C(C(C)(C)c1ncnn1C)OC21CCN(C(=O)C2CCN(C(C)(C)C)C[C@H]2c2ccc(F)c(F)c2F)CC1. The van der Waals surface area contributed by atoms with Gasteiger partial charge in [-0.25, -0.2) is 18.2 Å². The number of aromatic nitrogens is 4. The van der Waals surface area contributed by atoms with Crippen LogP contribution in [0, 0.1) is 30.3 Å². The molecular weight excluding hydrogens is 617 g/mol. The van der Waals surface area contributed by atoms with Gasteiger partial charge in [-0.05, 0) is 85.0 Å². The van der Waals surface area contributed by atoms with Crippen molar-refractivity contribution in [2.24, 2.45) is 13.0 Å². The second kappa shape index (κ2) is 11.6. The van der Waals surface area contributed by atoms with E-state index in [1.165, 1.54) is 12.4 Å². The van der Waals surface area contributed by atoms with Crippen molar-refractivity contribution in [2.75, 3.05) is 26.2 Å². The first-order chi connectivity index (χ1) is 21.5. The maximum absolute atomic E-state index is 15.2. The molecule has 12 heteroatoms. The van der Waals surface area contributed by atoms with Gasteiger partial charge in [-0.15, -0.1) is 0 Å². The summed E-state index contributed by atoms with van der Waals surface area (Å²) in [6.45, 7) is 14.0. The van der Waals surface area contributed by atoms with Crippen molar-refractivity contribution in [1.82, 2.24) is 29.5 Å². The van der Waals surface area contributed by atoms with E-state index in [1.807, 2.05) is 24.9 Å². The Morgan fingerprint density at radius 1 is 1.04 bits per heavy atom. The first-order valence-corrected chi connectivity index (χ1v) is 16.3. The maximum Gasteiger partial charge on any atom is 0.226 e. The predicted octanol–water partition coefficient (Wildman–Crippen LogP) is 6.36. The molecule has 5 heterocycles. The number of carbonyl (C=O) groups is 1. The van der Waals surface area contributed by atoms with Gasteiger partial charge in [0.05, 0.1) is 27.9 Å². The third-order valence-electron chi connectivity index (χ3n) is 10.4. The van der Waals surface area contributed by atoms with Gasteiger partial charge in [-0.2, -0.15) is 5.10 Å². The average molecular weight is 659 g/mol. The highest BCUT2D eigenvalue weighted by atomic mass is 35.5. The molecule has 2 fully saturated rings. The molecule has 46 heavy (non-hydrogen) atoms. The highest BCUT2D eigenvalue weighted by Crippen LogP contribution is 2.55. The molecule has 1 amide bonds. The molecule has 0 N–H and O–H groups in total. The van der Waals surface area contributed by atoms with E-state index in [0.29, 0.717) is 56.2 Å². The summed E-state index contributed by atoms with van der Waals surface area (Å²) in [5, 5.41) is 4.84. The van der Waals surface area contributed by atoms with Gasteiger partial charge >= 0.3 is 0 Å². The Labute approximate surface area is 273 Å². The highest BCUT2D eigenvalue weighted by molar-refractivity contribution is 6.31. The van der Waals surface area contributed by atoms with Gasteiger partial charge in [0.15, 0.2) is 17.5 Å².